The molecule has 0 amide bonds. The second kappa shape index (κ2) is 6.60. The van der Waals surface area contributed by atoms with Gasteiger partial charge in [0.15, 0.2) is 5.78 Å². The number of hydrogen-bond donors (Lipinski definition) is 0. The summed E-state index contributed by atoms with van der Waals surface area (Å²) in [5, 5.41) is 8.81. The molecule has 0 bridgehead atoms. The van der Waals surface area contributed by atoms with Crippen LogP contribution >= 0.6 is 0 Å². The van der Waals surface area contributed by atoms with E-state index < -0.39 is 0 Å². The van der Waals surface area contributed by atoms with Crippen molar-refractivity contribution in [2.24, 2.45) is 0 Å². The molecule has 1 saturated carbocycles. The number of carbonyl (C=O) groups excluding carboxylic acids is 1. The Morgan fingerprint density at radius 1 is 1.23 bits per heavy atom. The molecule has 1 saturated heterocycles. The molecule has 3 rings (SSSR count). The summed E-state index contributed by atoms with van der Waals surface area (Å²) >= 11 is 0. The van der Waals surface area contributed by atoms with Crippen LogP contribution in [0.15, 0.2) is 24.3 Å². The number of nitriles is 1. The largest absolute Gasteiger partial charge is 0.379 e. The first kappa shape index (κ1) is 15.2. The minimum Gasteiger partial charge on any atom is -0.379 e. The summed E-state index contributed by atoms with van der Waals surface area (Å²) in [5.41, 5.74) is 1.98. The van der Waals surface area contributed by atoms with Gasteiger partial charge in [-0.2, -0.15) is 5.26 Å². The maximum atomic E-state index is 12.3. The van der Waals surface area contributed by atoms with E-state index in [1.54, 1.807) is 0 Å². The van der Waals surface area contributed by atoms with Crippen LogP contribution < -0.4 is 0 Å². The molecule has 1 aliphatic heterocycles. The third kappa shape index (κ3) is 2.92. The van der Waals surface area contributed by atoms with Crippen LogP contribution in [0.3, 0.4) is 0 Å². The Balaban J connectivity index is 1.70. The van der Waals surface area contributed by atoms with Gasteiger partial charge in [0.05, 0.1) is 31.1 Å². The van der Waals surface area contributed by atoms with Gasteiger partial charge in [-0.1, -0.05) is 30.7 Å². The molecule has 4 heteroatoms. The summed E-state index contributed by atoms with van der Waals surface area (Å²) in [6.45, 7) is 4.51. The van der Waals surface area contributed by atoms with E-state index in [4.69, 9.17) is 10.00 Å². The number of ether oxygens (including phenoxy) is 1. The van der Waals surface area contributed by atoms with Crippen molar-refractivity contribution < 1.29 is 9.53 Å². The van der Waals surface area contributed by atoms with Crippen molar-refractivity contribution in [2.75, 3.05) is 26.3 Å². The molecule has 22 heavy (non-hydrogen) atoms. The maximum Gasteiger partial charge on any atom is 0.157 e. The van der Waals surface area contributed by atoms with Gasteiger partial charge in [-0.15, -0.1) is 0 Å². The van der Waals surface area contributed by atoms with E-state index in [2.05, 4.69) is 29.2 Å². The van der Waals surface area contributed by atoms with Crippen LogP contribution in [-0.2, 0) is 21.5 Å². The third-order valence-electron chi connectivity index (χ3n) is 5.00. The van der Waals surface area contributed by atoms with Gasteiger partial charge in [0.25, 0.3) is 0 Å². The van der Waals surface area contributed by atoms with Gasteiger partial charge >= 0.3 is 0 Å². The first-order chi connectivity index (χ1) is 10.7. The molecule has 0 spiro atoms. The summed E-state index contributed by atoms with van der Waals surface area (Å²) in [4.78, 5) is 14.7. The van der Waals surface area contributed by atoms with Gasteiger partial charge in [-0.25, -0.2) is 0 Å². The van der Waals surface area contributed by atoms with Crippen LogP contribution in [-0.4, -0.2) is 37.0 Å². The molecule has 2 aliphatic rings. The summed E-state index contributed by atoms with van der Waals surface area (Å²) in [6, 6.07) is 10.4. The van der Waals surface area contributed by atoms with Gasteiger partial charge in [-0.3, -0.25) is 9.69 Å². The van der Waals surface area contributed by atoms with Gasteiger partial charge in [0.1, 0.15) is 0 Å². The molecule has 0 N–H and O–H groups in total. The van der Waals surface area contributed by atoms with E-state index in [-0.39, 0.29) is 17.6 Å². The molecule has 0 aromatic heterocycles. The second-order valence-electron chi connectivity index (χ2n) is 6.28. The molecule has 1 aromatic rings. The topological polar surface area (TPSA) is 53.3 Å². The quantitative estimate of drug-likeness (QED) is 0.838. The minimum absolute atomic E-state index is 0.0233. The highest BCUT2D eigenvalue weighted by Gasteiger charge is 2.44. The minimum atomic E-state index is -0.382. The molecule has 1 aliphatic carbocycles. The van der Waals surface area contributed by atoms with Crippen LogP contribution in [0.5, 0.6) is 0 Å². The van der Waals surface area contributed by atoms with Crippen molar-refractivity contribution in [1.82, 2.24) is 4.90 Å². The van der Waals surface area contributed by atoms with E-state index >= 15 is 0 Å². The van der Waals surface area contributed by atoms with E-state index in [9.17, 15) is 4.79 Å². The van der Waals surface area contributed by atoms with Crippen molar-refractivity contribution in [3.8, 4) is 6.07 Å². The molecule has 0 atom stereocenters. The van der Waals surface area contributed by atoms with Crippen LogP contribution in [0.4, 0.5) is 0 Å². The van der Waals surface area contributed by atoms with Gasteiger partial charge < -0.3 is 4.74 Å². The maximum absolute atomic E-state index is 12.3. The molecule has 4 nitrogen and oxygen atoms in total. The van der Waals surface area contributed by atoms with Crippen molar-refractivity contribution in [2.45, 2.75) is 37.6 Å². The summed E-state index contributed by atoms with van der Waals surface area (Å²) < 4.78 is 5.37. The fourth-order valence-electron chi connectivity index (χ4n) is 3.45. The Bertz CT molecular complexity index is 564. The van der Waals surface area contributed by atoms with Crippen LogP contribution in [0.25, 0.3) is 0 Å². The fourth-order valence-corrected chi connectivity index (χ4v) is 3.45. The van der Waals surface area contributed by atoms with Crippen molar-refractivity contribution in [3.05, 3.63) is 35.4 Å². The third-order valence-corrected chi connectivity index (χ3v) is 5.00. The highest BCUT2D eigenvalue weighted by molar-refractivity contribution is 5.92. The fraction of sp³-hybridized carbons (Fsp3) is 0.556. The Labute approximate surface area is 131 Å². The molecule has 2 fully saturated rings. The normalized spacial score (nSPS) is 20.9. The molecular weight excluding hydrogens is 276 g/mol. The Kier molecular flexibility index (Phi) is 4.56. The lowest BCUT2D eigenvalue weighted by Crippen LogP contribution is -2.42. The zero-order valence-corrected chi connectivity index (χ0v) is 12.9. The molecular formula is C18H22N2O2. The first-order valence-corrected chi connectivity index (χ1v) is 8.04. The van der Waals surface area contributed by atoms with Crippen molar-refractivity contribution >= 4 is 5.78 Å². The second-order valence-corrected chi connectivity index (χ2v) is 6.28. The Morgan fingerprint density at radius 3 is 2.45 bits per heavy atom. The number of morpholine rings is 1. The molecule has 1 heterocycles. The summed E-state index contributed by atoms with van der Waals surface area (Å²) in [6.07, 6.45) is 2.87. The van der Waals surface area contributed by atoms with E-state index in [1.165, 1.54) is 5.56 Å². The zero-order valence-electron chi connectivity index (χ0n) is 12.9. The lowest BCUT2D eigenvalue weighted by molar-refractivity contribution is -0.126. The lowest BCUT2D eigenvalue weighted by Gasteiger charge is -2.40. The lowest BCUT2D eigenvalue weighted by atomic mass is 9.61. The monoisotopic (exact) mass is 298 g/mol. The number of rotatable bonds is 5. The van der Waals surface area contributed by atoms with E-state index in [0.717, 1.165) is 57.7 Å². The predicted molar refractivity (Wildman–Crippen MR) is 83.3 cm³/mol. The number of carbonyl (C=O) groups is 1. The Hall–Kier alpha value is -1.70. The standard InChI is InChI=1S/C18H22N2O2/c19-9-6-17(21)18(7-1-8-18)16-4-2-15(3-5-16)14-20-10-12-22-13-11-20/h2-5H,1,6-8,10-14H2. The van der Waals surface area contributed by atoms with Crippen LogP contribution in [0.1, 0.15) is 36.8 Å². The van der Waals surface area contributed by atoms with Crippen molar-refractivity contribution in [3.63, 3.8) is 0 Å². The van der Waals surface area contributed by atoms with Gasteiger partial charge in [0, 0.05) is 19.6 Å². The number of ketones is 1. The smallest absolute Gasteiger partial charge is 0.157 e. The molecule has 1 aromatic carbocycles. The number of hydrogen-bond acceptors (Lipinski definition) is 4. The van der Waals surface area contributed by atoms with E-state index in [1.807, 2.05) is 6.07 Å². The zero-order chi connectivity index (χ0) is 15.4. The van der Waals surface area contributed by atoms with Crippen molar-refractivity contribution in [1.29, 1.82) is 5.26 Å². The number of benzene rings is 1. The number of nitrogens with zero attached hydrogens (tertiary/aromatic N) is 2. The molecule has 0 unspecified atom stereocenters. The molecule has 116 valence electrons. The highest BCUT2D eigenvalue weighted by atomic mass is 16.5. The van der Waals surface area contributed by atoms with Gasteiger partial charge in [-0.05, 0) is 24.0 Å². The van der Waals surface area contributed by atoms with Crippen LogP contribution in [0, 0.1) is 11.3 Å². The predicted octanol–water partition coefficient (Wildman–Crippen LogP) is 2.42. The van der Waals surface area contributed by atoms with Gasteiger partial charge in [0.2, 0.25) is 0 Å². The summed E-state index contributed by atoms with van der Waals surface area (Å²) in [7, 11) is 0. The average molecular weight is 298 g/mol. The van der Waals surface area contributed by atoms with E-state index in [0.29, 0.717) is 0 Å². The number of Topliss-reactive ketones (excluding diaryl/α,β-unsaturated/α-hetero) is 1. The first-order valence-electron chi connectivity index (χ1n) is 8.04. The molecule has 0 radical (unpaired) electrons. The van der Waals surface area contributed by atoms with Crippen LogP contribution in [0.2, 0.25) is 0 Å². The summed E-state index contributed by atoms with van der Waals surface area (Å²) in [5.74, 6) is 0.0854. The Morgan fingerprint density at radius 2 is 1.91 bits per heavy atom. The highest BCUT2D eigenvalue weighted by Crippen LogP contribution is 2.45. The average Bonchev–Trinajstić information content (AvgIpc) is 2.49. The SMILES string of the molecule is N#CCC(=O)C1(c2ccc(CN3CCOCC3)cc2)CCC1.